The predicted molar refractivity (Wildman–Crippen MR) is 313 cm³/mol. The molecule has 0 bridgehead atoms. The predicted octanol–water partition coefficient (Wildman–Crippen LogP) is 16.4. The van der Waals surface area contributed by atoms with E-state index in [1.165, 1.54) is 36.4 Å². The van der Waals surface area contributed by atoms with Crippen molar-refractivity contribution in [3.63, 3.8) is 0 Å². The van der Waals surface area contributed by atoms with Crippen molar-refractivity contribution in [2.45, 2.75) is 9.79 Å². The van der Waals surface area contributed by atoms with E-state index in [1.54, 1.807) is 36.4 Å². The minimum Gasteiger partial charge on any atom is -0.439 e. The molecule has 392 valence electrons. The fourth-order valence-corrected chi connectivity index (χ4v) is 10.6. The van der Waals surface area contributed by atoms with Gasteiger partial charge in [-0.2, -0.15) is 26.8 Å². The molecule has 0 fully saturated rings. The maximum absolute atomic E-state index is 13.0. The van der Waals surface area contributed by atoms with Gasteiger partial charge >= 0.3 is 0 Å². The van der Waals surface area contributed by atoms with E-state index in [4.69, 9.17) is 18.9 Å². The van der Waals surface area contributed by atoms with Crippen molar-refractivity contribution >= 4 is 98.2 Å². The third-order valence-corrected chi connectivity index (χ3v) is 14.8. The van der Waals surface area contributed by atoms with Crippen LogP contribution in [0.5, 0.6) is 46.5 Å². The SMILES string of the molecule is O=S(=O)(O)c1cc(Nc2cc(Oc3ccc4ccccc4c3)nc(Oc3ccc4ccccc4c3)c2)ccc1C=Cc1ccc(Nc2cc(Oc3ccc4ccccc4c3)nc(Oc3ccc4ccccc4c3)c2)cc1S(=O)(=O)O. The van der Waals surface area contributed by atoms with E-state index in [2.05, 4.69) is 20.6 Å². The third kappa shape index (κ3) is 11.7. The lowest BCUT2D eigenvalue weighted by Gasteiger charge is -2.14. The second kappa shape index (κ2) is 21.4. The number of anilines is 4. The molecule has 0 aliphatic rings. The molecule has 4 N–H and O–H groups in total. The Hall–Kier alpha value is -10.1. The van der Waals surface area contributed by atoms with Gasteiger partial charge < -0.3 is 29.6 Å². The topological polar surface area (TPSA) is 196 Å². The van der Waals surface area contributed by atoms with Crippen molar-refractivity contribution in [3.05, 3.63) is 242 Å². The zero-order valence-electron chi connectivity index (χ0n) is 42.0. The van der Waals surface area contributed by atoms with Crippen molar-refractivity contribution < 1.29 is 44.9 Å². The zero-order valence-corrected chi connectivity index (χ0v) is 43.6. The van der Waals surface area contributed by atoms with Gasteiger partial charge in [0, 0.05) is 47.0 Å². The first-order valence-corrected chi connectivity index (χ1v) is 27.8. The highest BCUT2D eigenvalue weighted by Crippen LogP contribution is 2.37. The largest absolute Gasteiger partial charge is 0.439 e. The highest BCUT2D eigenvalue weighted by atomic mass is 32.2. The molecule has 14 nitrogen and oxygen atoms in total. The summed E-state index contributed by atoms with van der Waals surface area (Å²) >= 11 is 0. The number of ether oxygens (including phenoxy) is 4. The number of hydrogen-bond donors (Lipinski definition) is 4. The van der Waals surface area contributed by atoms with Gasteiger partial charge in [0.05, 0.1) is 0 Å². The Morgan fingerprint density at radius 3 is 0.863 bits per heavy atom. The Bertz CT molecular complexity index is 4160. The van der Waals surface area contributed by atoms with Crippen LogP contribution in [-0.4, -0.2) is 35.9 Å². The van der Waals surface area contributed by atoms with Crippen LogP contribution in [0.15, 0.2) is 240 Å². The fourth-order valence-electron chi connectivity index (χ4n) is 9.18. The van der Waals surface area contributed by atoms with Gasteiger partial charge in [-0.1, -0.05) is 146 Å². The molecule has 0 spiro atoms. The molecule has 2 heterocycles. The Morgan fingerprint density at radius 2 is 0.588 bits per heavy atom. The highest BCUT2D eigenvalue weighted by Gasteiger charge is 2.20. The molecule has 0 aliphatic carbocycles. The Labute approximate surface area is 459 Å². The molecule has 80 heavy (non-hydrogen) atoms. The van der Waals surface area contributed by atoms with Gasteiger partial charge in [-0.25, -0.2) is 0 Å². The molecule has 12 aromatic rings. The summed E-state index contributed by atoms with van der Waals surface area (Å²) in [4.78, 5) is 8.29. The molecule has 0 radical (unpaired) electrons. The summed E-state index contributed by atoms with van der Waals surface area (Å²) in [6.45, 7) is 0. The lowest BCUT2D eigenvalue weighted by Crippen LogP contribution is -2.04. The summed E-state index contributed by atoms with van der Waals surface area (Å²) in [5.41, 5.74) is 1.30. The Morgan fingerprint density at radius 1 is 0.312 bits per heavy atom. The Balaban J connectivity index is 0.829. The number of benzene rings is 10. The van der Waals surface area contributed by atoms with Crippen LogP contribution in [0.3, 0.4) is 0 Å². The van der Waals surface area contributed by atoms with Gasteiger partial charge in [0.25, 0.3) is 20.2 Å². The molecule has 16 heteroatoms. The van der Waals surface area contributed by atoms with Crippen LogP contribution >= 0.6 is 0 Å². The van der Waals surface area contributed by atoms with Crippen LogP contribution in [0.1, 0.15) is 11.1 Å². The average molecular weight is 1090 g/mol. The number of fused-ring (bicyclic) bond motifs is 4. The van der Waals surface area contributed by atoms with Crippen molar-refractivity contribution in [2.24, 2.45) is 0 Å². The molecule has 0 aliphatic heterocycles. The summed E-state index contributed by atoms with van der Waals surface area (Å²) < 4.78 is 98.4. The fraction of sp³-hybridized carbons (Fsp3) is 0. The Kier molecular flexibility index (Phi) is 13.5. The monoisotopic (exact) mass is 1090 g/mol. The minimum absolute atomic E-state index is 0.00610. The van der Waals surface area contributed by atoms with Gasteiger partial charge in [-0.15, -0.1) is 0 Å². The smallest absolute Gasteiger partial charge is 0.295 e. The van der Waals surface area contributed by atoms with Crippen LogP contribution in [0, 0.1) is 0 Å². The van der Waals surface area contributed by atoms with E-state index in [0.29, 0.717) is 34.4 Å². The maximum atomic E-state index is 13.0. The van der Waals surface area contributed by atoms with Crippen LogP contribution < -0.4 is 29.6 Å². The summed E-state index contributed by atoms with van der Waals surface area (Å²) in [6, 6.07) is 68.9. The van der Waals surface area contributed by atoms with E-state index in [9.17, 15) is 25.9 Å². The van der Waals surface area contributed by atoms with Crippen molar-refractivity contribution in [1.82, 2.24) is 9.97 Å². The number of aromatic nitrogens is 2. The number of nitrogens with zero attached hydrogens (tertiary/aromatic N) is 2. The van der Waals surface area contributed by atoms with Gasteiger partial charge in [-0.05, 0) is 127 Å². The molecular weight excluding hydrogens is 1050 g/mol. The lowest BCUT2D eigenvalue weighted by molar-refractivity contribution is 0.427. The third-order valence-electron chi connectivity index (χ3n) is 12.9. The second-order valence-electron chi connectivity index (χ2n) is 18.5. The van der Waals surface area contributed by atoms with Gasteiger partial charge in [0.15, 0.2) is 0 Å². The molecule has 0 saturated carbocycles. The molecular formula is C64H44N4O10S2. The van der Waals surface area contributed by atoms with E-state index >= 15 is 0 Å². The molecule has 12 rings (SSSR count). The minimum atomic E-state index is -4.89. The number of pyridine rings is 2. The summed E-state index contributed by atoms with van der Waals surface area (Å²) in [7, 11) is -9.78. The van der Waals surface area contributed by atoms with Crippen molar-refractivity contribution in [3.8, 4) is 46.5 Å². The first-order valence-electron chi connectivity index (χ1n) is 24.9. The normalized spacial score (nSPS) is 11.8. The zero-order chi connectivity index (χ0) is 54.8. The quantitative estimate of drug-likeness (QED) is 0.0527. The van der Waals surface area contributed by atoms with Crippen LogP contribution in [0.2, 0.25) is 0 Å². The standard InChI is InChI=1S/C64H44N4O10S2/c69-79(70,71)59-35-51(65-53-37-61(75-55-27-21-41-9-1-5-13-47(41)31-55)67-62(38-53)76-56-28-22-42-10-2-6-14-48(42)32-56)25-19-45(59)17-18-46-20-26-52(36-60(46)80(72,73)74)66-54-39-63(77-57-29-23-43-11-3-7-15-49(43)33-57)68-64(40-54)78-58-30-24-44-12-4-8-16-50(44)34-58/h1-40H,(H,65,67)(H,66,68)(H,69,70,71)(H,72,73,74). The van der Waals surface area contributed by atoms with Gasteiger partial charge in [0.2, 0.25) is 23.5 Å². The first kappa shape index (κ1) is 50.7. The summed E-state index contributed by atoms with van der Waals surface area (Å²) in [6.07, 6.45) is 2.63. The molecule has 0 amide bonds. The number of rotatable bonds is 16. The lowest BCUT2D eigenvalue weighted by atomic mass is 10.1. The van der Waals surface area contributed by atoms with Gasteiger partial charge in [-0.3, -0.25) is 9.11 Å². The maximum Gasteiger partial charge on any atom is 0.295 e. The average Bonchev–Trinajstić information content (AvgIpc) is 3.45. The number of nitrogens with one attached hydrogen (secondary N) is 2. The van der Waals surface area contributed by atoms with E-state index in [1.807, 2.05) is 170 Å². The molecule has 10 aromatic carbocycles. The summed E-state index contributed by atoms with van der Waals surface area (Å²) in [5.74, 6) is 2.72. The second-order valence-corrected chi connectivity index (χ2v) is 21.3. The molecule has 0 unspecified atom stereocenters. The van der Waals surface area contributed by atoms with Crippen molar-refractivity contribution in [2.75, 3.05) is 10.6 Å². The van der Waals surface area contributed by atoms with E-state index in [-0.39, 0.29) is 46.0 Å². The van der Waals surface area contributed by atoms with E-state index < -0.39 is 30.0 Å². The van der Waals surface area contributed by atoms with Crippen molar-refractivity contribution in [1.29, 1.82) is 0 Å². The first-order chi connectivity index (χ1) is 38.8. The van der Waals surface area contributed by atoms with Crippen LogP contribution in [-0.2, 0) is 20.2 Å². The highest BCUT2D eigenvalue weighted by molar-refractivity contribution is 7.86. The molecule has 0 saturated heterocycles. The van der Waals surface area contributed by atoms with Crippen LogP contribution in [0.25, 0.3) is 55.2 Å². The van der Waals surface area contributed by atoms with Gasteiger partial charge in [0.1, 0.15) is 32.8 Å². The molecule has 2 aromatic heterocycles. The number of hydrogen-bond acceptors (Lipinski definition) is 12. The van der Waals surface area contributed by atoms with Crippen LogP contribution in [0.4, 0.5) is 22.7 Å². The summed E-state index contributed by atoms with van der Waals surface area (Å²) in [5, 5.41) is 14.3. The van der Waals surface area contributed by atoms with E-state index in [0.717, 1.165) is 43.1 Å². The molecule has 0 atom stereocenters.